The molecular weight excluding hydrogens is 335 g/mol. The first kappa shape index (κ1) is 17.5. The number of nitrogens with zero attached hydrogens (tertiary/aromatic N) is 3. The third-order valence-corrected chi connectivity index (χ3v) is 3.94. The second kappa shape index (κ2) is 5.87. The number of ether oxygens (including phenoxy) is 1. The molecule has 1 amide bonds. The Kier molecular flexibility index (Phi) is 4.10. The number of amides is 1. The molecule has 0 radical (unpaired) electrons. The molecule has 1 aliphatic rings. The summed E-state index contributed by atoms with van der Waals surface area (Å²) in [6.07, 6.45) is -3.81. The monoisotopic (exact) mass is 353 g/mol. The maximum absolute atomic E-state index is 12.9. The van der Waals surface area contributed by atoms with E-state index in [-0.39, 0.29) is 17.8 Å². The minimum absolute atomic E-state index is 0.129. The molecule has 5 nitrogen and oxygen atoms in total. The minimum atomic E-state index is -4.47. The van der Waals surface area contributed by atoms with Crippen LogP contribution >= 0.6 is 0 Å². The summed E-state index contributed by atoms with van der Waals surface area (Å²) in [5, 5.41) is 4.36. The van der Waals surface area contributed by atoms with Gasteiger partial charge in [0.05, 0.1) is 11.3 Å². The lowest BCUT2D eigenvalue weighted by Gasteiger charge is -2.17. The predicted molar refractivity (Wildman–Crippen MR) is 84.8 cm³/mol. The van der Waals surface area contributed by atoms with Gasteiger partial charge in [-0.3, -0.25) is 9.69 Å². The zero-order valence-corrected chi connectivity index (χ0v) is 14.0. The molecule has 1 aliphatic heterocycles. The summed E-state index contributed by atoms with van der Waals surface area (Å²) in [4.78, 5) is 13.8. The lowest BCUT2D eigenvalue weighted by molar-refractivity contribution is -0.137. The number of hydrogen-bond acceptors (Lipinski definition) is 3. The first-order valence-electron chi connectivity index (χ1n) is 7.73. The van der Waals surface area contributed by atoms with E-state index >= 15 is 0 Å². The molecule has 0 saturated carbocycles. The maximum Gasteiger partial charge on any atom is 0.416 e. The highest BCUT2D eigenvalue weighted by Crippen LogP contribution is 2.33. The van der Waals surface area contributed by atoms with Crippen LogP contribution in [0.3, 0.4) is 0 Å². The molecule has 25 heavy (non-hydrogen) atoms. The van der Waals surface area contributed by atoms with Crippen molar-refractivity contribution in [3.05, 3.63) is 47.8 Å². The molecule has 134 valence electrons. The zero-order valence-electron chi connectivity index (χ0n) is 14.0. The molecule has 2 heterocycles. The molecule has 2 aromatic rings. The van der Waals surface area contributed by atoms with Crippen LogP contribution in [0.15, 0.2) is 36.5 Å². The fourth-order valence-electron chi connectivity index (χ4n) is 2.52. The third-order valence-electron chi connectivity index (χ3n) is 3.94. The van der Waals surface area contributed by atoms with Crippen LogP contribution in [0.4, 0.5) is 18.9 Å². The van der Waals surface area contributed by atoms with Crippen molar-refractivity contribution in [3.63, 3.8) is 0 Å². The quantitative estimate of drug-likeness (QED) is 0.827. The fourth-order valence-corrected chi connectivity index (χ4v) is 2.52. The van der Waals surface area contributed by atoms with Crippen LogP contribution in [0.2, 0.25) is 0 Å². The van der Waals surface area contributed by atoms with Gasteiger partial charge in [0, 0.05) is 17.3 Å². The number of halogens is 3. The number of alkyl halides is 3. The SMILES string of the molecule is CC(C)(C)c1ccn(C2OCN(c3cccc(C(F)(F)F)c3)C2=O)n1. The summed E-state index contributed by atoms with van der Waals surface area (Å²) in [7, 11) is 0. The number of hydrogen-bond donors (Lipinski definition) is 0. The van der Waals surface area contributed by atoms with Gasteiger partial charge in [-0.25, -0.2) is 4.68 Å². The molecule has 1 saturated heterocycles. The van der Waals surface area contributed by atoms with Crippen LogP contribution in [-0.2, 0) is 21.1 Å². The summed E-state index contributed by atoms with van der Waals surface area (Å²) in [6, 6.07) is 6.41. The minimum Gasteiger partial charge on any atom is -0.327 e. The Labute approximate surface area is 143 Å². The topological polar surface area (TPSA) is 47.4 Å². The molecule has 1 aromatic carbocycles. The van der Waals surface area contributed by atoms with E-state index in [1.807, 2.05) is 20.8 Å². The molecular formula is C17H18F3N3O2. The average molecular weight is 353 g/mol. The Morgan fingerprint density at radius 2 is 1.92 bits per heavy atom. The first-order valence-corrected chi connectivity index (χ1v) is 7.73. The van der Waals surface area contributed by atoms with Crippen molar-refractivity contribution in [2.45, 2.75) is 38.6 Å². The van der Waals surface area contributed by atoms with E-state index in [9.17, 15) is 18.0 Å². The molecule has 1 aromatic heterocycles. The molecule has 0 N–H and O–H groups in total. The van der Waals surface area contributed by atoms with Crippen molar-refractivity contribution in [3.8, 4) is 0 Å². The van der Waals surface area contributed by atoms with Gasteiger partial charge in [-0.1, -0.05) is 26.8 Å². The van der Waals surface area contributed by atoms with E-state index in [1.54, 1.807) is 12.3 Å². The smallest absolute Gasteiger partial charge is 0.327 e. The second-order valence-electron chi connectivity index (χ2n) is 6.89. The molecule has 0 aliphatic carbocycles. The number of carbonyl (C=O) groups excluding carboxylic acids is 1. The largest absolute Gasteiger partial charge is 0.416 e. The van der Waals surface area contributed by atoms with Crippen LogP contribution < -0.4 is 4.90 Å². The fraction of sp³-hybridized carbons (Fsp3) is 0.412. The Bertz CT molecular complexity index is 793. The molecule has 0 bridgehead atoms. The molecule has 1 atom stereocenters. The van der Waals surface area contributed by atoms with Crippen LogP contribution in [0.25, 0.3) is 0 Å². The number of rotatable bonds is 2. The molecule has 0 spiro atoms. The van der Waals surface area contributed by atoms with Gasteiger partial charge in [0.2, 0.25) is 6.23 Å². The Morgan fingerprint density at radius 1 is 1.20 bits per heavy atom. The maximum atomic E-state index is 12.9. The van der Waals surface area contributed by atoms with Crippen molar-refractivity contribution >= 4 is 11.6 Å². The molecule has 3 rings (SSSR count). The van der Waals surface area contributed by atoms with Crippen LogP contribution in [0.1, 0.15) is 38.3 Å². The van der Waals surface area contributed by atoms with Crippen molar-refractivity contribution in [2.75, 3.05) is 11.6 Å². The summed E-state index contributed by atoms with van der Waals surface area (Å²) in [6.45, 7) is 5.85. The van der Waals surface area contributed by atoms with Gasteiger partial charge in [-0.15, -0.1) is 0 Å². The Balaban J connectivity index is 1.84. The lowest BCUT2D eigenvalue weighted by Crippen LogP contribution is -2.29. The van der Waals surface area contributed by atoms with E-state index in [1.165, 1.54) is 21.7 Å². The number of carbonyl (C=O) groups is 1. The predicted octanol–water partition coefficient (Wildman–Crippen LogP) is 3.72. The zero-order chi connectivity index (χ0) is 18.4. The average Bonchev–Trinajstić information content (AvgIpc) is 3.12. The normalized spacial score (nSPS) is 18.9. The van der Waals surface area contributed by atoms with Crippen LogP contribution in [-0.4, -0.2) is 22.4 Å². The third kappa shape index (κ3) is 3.39. The number of benzene rings is 1. The van der Waals surface area contributed by atoms with Crippen molar-refractivity contribution in [1.82, 2.24) is 9.78 Å². The molecule has 8 heteroatoms. The van der Waals surface area contributed by atoms with Crippen molar-refractivity contribution in [2.24, 2.45) is 0 Å². The van der Waals surface area contributed by atoms with Gasteiger partial charge in [0.25, 0.3) is 5.91 Å². The van der Waals surface area contributed by atoms with Crippen LogP contribution in [0.5, 0.6) is 0 Å². The van der Waals surface area contributed by atoms with Gasteiger partial charge in [0.1, 0.15) is 6.73 Å². The van der Waals surface area contributed by atoms with E-state index in [0.29, 0.717) is 0 Å². The summed E-state index contributed by atoms with van der Waals surface area (Å²) < 4.78 is 45.4. The summed E-state index contributed by atoms with van der Waals surface area (Å²) >= 11 is 0. The first-order chi connectivity index (χ1) is 11.6. The highest BCUT2D eigenvalue weighted by atomic mass is 19.4. The van der Waals surface area contributed by atoms with Gasteiger partial charge >= 0.3 is 6.18 Å². The van der Waals surface area contributed by atoms with Crippen molar-refractivity contribution in [1.29, 1.82) is 0 Å². The lowest BCUT2D eigenvalue weighted by atomic mass is 9.93. The van der Waals surface area contributed by atoms with Gasteiger partial charge in [0.15, 0.2) is 0 Å². The van der Waals surface area contributed by atoms with Gasteiger partial charge in [-0.2, -0.15) is 18.3 Å². The number of anilines is 1. The highest BCUT2D eigenvalue weighted by Gasteiger charge is 2.37. The Hall–Kier alpha value is -2.35. The Morgan fingerprint density at radius 3 is 2.52 bits per heavy atom. The standard InChI is InChI=1S/C17H18F3N3O2/c1-16(2,3)13-7-8-23(21-13)15-14(24)22(10-25-15)12-6-4-5-11(9-12)17(18,19)20/h4-9,15H,10H2,1-3H3. The van der Waals surface area contributed by atoms with E-state index in [4.69, 9.17) is 4.74 Å². The van der Waals surface area contributed by atoms with Gasteiger partial charge < -0.3 is 4.74 Å². The summed E-state index contributed by atoms with van der Waals surface area (Å²) in [5.74, 6) is -0.456. The van der Waals surface area contributed by atoms with Crippen molar-refractivity contribution < 1.29 is 22.7 Å². The number of aromatic nitrogens is 2. The van der Waals surface area contributed by atoms with E-state index in [2.05, 4.69) is 5.10 Å². The van der Waals surface area contributed by atoms with E-state index in [0.717, 1.165) is 17.8 Å². The molecule has 1 fully saturated rings. The summed E-state index contributed by atoms with van der Waals surface area (Å²) in [5.41, 5.74) is -0.0597. The van der Waals surface area contributed by atoms with Gasteiger partial charge in [-0.05, 0) is 24.3 Å². The van der Waals surface area contributed by atoms with Crippen LogP contribution in [0, 0.1) is 0 Å². The molecule has 1 unspecified atom stereocenters. The van der Waals surface area contributed by atoms with E-state index < -0.39 is 23.9 Å². The highest BCUT2D eigenvalue weighted by molar-refractivity contribution is 5.96. The second-order valence-corrected chi connectivity index (χ2v) is 6.89.